The van der Waals surface area contributed by atoms with E-state index in [9.17, 15) is 32.8 Å². The molecule has 9 nitrogen and oxygen atoms in total. The second kappa shape index (κ2) is 11.6. The summed E-state index contributed by atoms with van der Waals surface area (Å²) in [6.07, 6.45) is -4.65. The van der Waals surface area contributed by atoms with Crippen molar-refractivity contribution in [2.24, 2.45) is 0 Å². The van der Waals surface area contributed by atoms with Gasteiger partial charge in [0.15, 0.2) is 0 Å². The molecule has 0 aliphatic carbocycles. The Labute approximate surface area is 235 Å². The smallest absolute Gasteiger partial charge is 0.416 e. The Kier molecular flexibility index (Phi) is 8.39. The Hall–Kier alpha value is -4.37. The molecule has 12 heteroatoms. The Morgan fingerprint density at radius 3 is 2.56 bits per heavy atom. The largest absolute Gasteiger partial charge is 0.463 e. The molecule has 1 fully saturated rings. The van der Waals surface area contributed by atoms with Crippen LogP contribution in [0.1, 0.15) is 53.9 Å². The molecule has 2 aromatic carbocycles. The fraction of sp³-hybridized carbons (Fsp3) is 0.379. The topological polar surface area (TPSA) is 106 Å². The molecular formula is C29H30F3N5O4. The number of anilines is 1. The molecule has 2 aliphatic rings. The number of carbonyl (C=O) groups excluding carboxylic acids is 3. The van der Waals surface area contributed by atoms with Crippen LogP contribution in [0.15, 0.2) is 53.7 Å². The molecule has 4 rings (SSSR count). The molecule has 0 aromatic heterocycles. The van der Waals surface area contributed by atoms with Crippen LogP contribution in [0.4, 0.5) is 23.7 Å². The highest BCUT2D eigenvalue weighted by Gasteiger charge is 2.43. The highest BCUT2D eigenvalue weighted by atomic mass is 19.4. The van der Waals surface area contributed by atoms with Crippen molar-refractivity contribution in [3.05, 3.63) is 76.0 Å². The first kappa shape index (κ1) is 29.6. The number of alkyl halides is 3. The minimum Gasteiger partial charge on any atom is -0.463 e. The van der Waals surface area contributed by atoms with E-state index in [0.29, 0.717) is 25.2 Å². The van der Waals surface area contributed by atoms with E-state index in [-0.39, 0.29) is 46.6 Å². The number of allylic oxidation sites excluding steroid dienone is 1. The molecule has 0 saturated carbocycles. The molecule has 0 spiro atoms. The lowest BCUT2D eigenvalue weighted by atomic mass is 9.88. The van der Waals surface area contributed by atoms with Crippen LogP contribution >= 0.6 is 0 Å². The van der Waals surface area contributed by atoms with Gasteiger partial charge in [-0.05, 0) is 56.7 Å². The number of rotatable bonds is 5. The first-order chi connectivity index (χ1) is 19.4. The van der Waals surface area contributed by atoms with Crippen LogP contribution in [0.25, 0.3) is 0 Å². The summed E-state index contributed by atoms with van der Waals surface area (Å²) in [6, 6.07) is 8.93. The predicted molar refractivity (Wildman–Crippen MR) is 144 cm³/mol. The second-order valence-electron chi connectivity index (χ2n) is 9.92. The fourth-order valence-electron chi connectivity index (χ4n) is 5.22. The number of likely N-dealkylation sites (N-methyl/N-ethyl adjacent to an activating group) is 1. The van der Waals surface area contributed by atoms with Gasteiger partial charge in [0.1, 0.15) is 0 Å². The van der Waals surface area contributed by atoms with Crippen LogP contribution in [0.5, 0.6) is 0 Å². The SMILES string of the molecule is CCOC(=O)C1=C(C)N(c2cccc(C(F)(F)F)c2)C(=O)N(C)C1c1ccc(C#N)cc1C(=O)N1CCNC(C)C1. The van der Waals surface area contributed by atoms with E-state index < -0.39 is 29.8 Å². The lowest BCUT2D eigenvalue weighted by molar-refractivity contribution is -0.139. The predicted octanol–water partition coefficient (Wildman–Crippen LogP) is 4.46. The van der Waals surface area contributed by atoms with Crippen LogP contribution in [0.2, 0.25) is 0 Å². The molecule has 2 heterocycles. The number of esters is 1. The summed E-state index contributed by atoms with van der Waals surface area (Å²) in [4.78, 5) is 44.9. The maximum absolute atomic E-state index is 13.8. The number of nitrogens with zero attached hydrogens (tertiary/aromatic N) is 4. The Morgan fingerprint density at radius 2 is 1.93 bits per heavy atom. The van der Waals surface area contributed by atoms with E-state index in [4.69, 9.17) is 4.74 Å². The third-order valence-electron chi connectivity index (χ3n) is 7.17. The monoisotopic (exact) mass is 569 g/mol. The van der Waals surface area contributed by atoms with Crippen molar-refractivity contribution in [3.8, 4) is 6.07 Å². The molecule has 216 valence electrons. The maximum Gasteiger partial charge on any atom is 0.416 e. The van der Waals surface area contributed by atoms with Gasteiger partial charge in [0, 0.05) is 44.0 Å². The molecule has 2 aromatic rings. The second-order valence-corrected chi connectivity index (χ2v) is 9.92. The van der Waals surface area contributed by atoms with Gasteiger partial charge in [-0.25, -0.2) is 9.59 Å². The summed E-state index contributed by atoms with van der Waals surface area (Å²) >= 11 is 0. The lowest BCUT2D eigenvalue weighted by Gasteiger charge is -2.42. The third kappa shape index (κ3) is 5.76. The number of urea groups is 1. The maximum atomic E-state index is 13.8. The van der Waals surface area contributed by atoms with Gasteiger partial charge in [0.2, 0.25) is 0 Å². The summed E-state index contributed by atoms with van der Waals surface area (Å²) in [5.41, 5.74) is -0.335. The Bertz CT molecular complexity index is 1450. The molecule has 41 heavy (non-hydrogen) atoms. The van der Waals surface area contributed by atoms with Crippen LogP contribution in [-0.2, 0) is 15.7 Å². The number of nitriles is 1. The van der Waals surface area contributed by atoms with Crippen molar-refractivity contribution in [1.82, 2.24) is 15.1 Å². The molecule has 2 aliphatic heterocycles. The third-order valence-corrected chi connectivity index (χ3v) is 7.17. The average molecular weight is 570 g/mol. The zero-order chi connectivity index (χ0) is 30.1. The molecule has 0 radical (unpaired) electrons. The summed E-state index contributed by atoms with van der Waals surface area (Å²) in [7, 11) is 1.40. The minimum absolute atomic E-state index is 0.00137. The Balaban J connectivity index is 1.91. The normalized spacial score (nSPS) is 19.8. The highest BCUT2D eigenvalue weighted by Crippen LogP contribution is 2.41. The first-order valence-corrected chi connectivity index (χ1v) is 13.1. The van der Waals surface area contributed by atoms with Gasteiger partial charge < -0.3 is 19.9 Å². The molecular weight excluding hydrogens is 539 g/mol. The van der Waals surface area contributed by atoms with Gasteiger partial charge in [-0.3, -0.25) is 9.69 Å². The van der Waals surface area contributed by atoms with E-state index in [0.717, 1.165) is 17.0 Å². The standard InChI is InChI=1S/C29H30F3N5O4/c1-5-41-27(39)24-18(3)37(21-8-6-7-20(14-21)29(30,31)32)28(40)35(4)25(24)22-10-9-19(15-33)13-23(22)26(38)36-12-11-34-17(2)16-36/h6-10,13-14,17,25,34H,5,11-12,16H2,1-4H3. The number of halogens is 3. The summed E-state index contributed by atoms with van der Waals surface area (Å²) in [6.45, 7) is 6.40. The van der Waals surface area contributed by atoms with Crippen molar-refractivity contribution in [2.45, 2.75) is 39.0 Å². The molecule has 3 amide bonds. The van der Waals surface area contributed by atoms with Crippen molar-refractivity contribution in [1.29, 1.82) is 5.26 Å². The van der Waals surface area contributed by atoms with Gasteiger partial charge >= 0.3 is 18.2 Å². The number of piperazine rings is 1. The lowest BCUT2D eigenvalue weighted by Crippen LogP contribution is -2.52. The van der Waals surface area contributed by atoms with Gasteiger partial charge in [0.25, 0.3) is 5.91 Å². The minimum atomic E-state index is -4.65. The number of amides is 3. The summed E-state index contributed by atoms with van der Waals surface area (Å²) in [5.74, 6) is -1.16. The van der Waals surface area contributed by atoms with Crippen LogP contribution in [0, 0.1) is 11.3 Å². The number of hydrogen-bond donors (Lipinski definition) is 1. The quantitative estimate of drug-likeness (QED) is 0.533. The molecule has 2 unspecified atom stereocenters. The van der Waals surface area contributed by atoms with E-state index in [1.807, 2.05) is 13.0 Å². The van der Waals surface area contributed by atoms with E-state index in [2.05, 4.69) is 5.32 Å². The van der Waals surface area contributed by atoms with Crippen molar-refractivity contribution in [2.75, 3.05) is 38.2 Å². The van der Waals surface area contributed by atoms with Crippen LogP contribution < -0.4 is 10.2 Å². The molecule has 1 N–H and O–H groups in total. The van der Waals surface area contributed by atoms with Gasteiger partial charge in [0.05, 0.1) is 41.1 Å². The van der Waals surface area contributed by atoms with Crippen molar-refractivity contribution >= 4 is 23.6 Å². The molecule has 0 bridgehead atoms. The Morgan fingerprint density at radius 1 is 1.20 bits per heavy atom. The summed E-state index contributed by atoms with van der Waals surface area (Å²) in [5, 5.41) is 12.8. The molecule has 2 atom stereocenters. The first-order valence-electron chi connectivity index (χ1n) is 13.1. The van der Waals surface area contributed by atoms with Gasteiger partial charge in [-0.1, -0.05) is 12.1 Å². The number of benzene rings is 2. The van der Waals surface area contributed by atoms with Gasteiger partial charge in [-0.15, -0.1) is 0 Å². The van der Waals surface area contributed by atoms with Gasteiger partial charge in [-0.2, -0.15) is 18.4 Å². The average Bonchev–Trinajstić information content (AvgIpc) is 2.94. The highest BCUT2D eigenvalue weighted by molar-refractivity contribution is 6.04. The van der Waals surface area contributed by atoms with E-state index >= 15 is 0 Å². The fourth-order valence-corrected chi connectivity index (χ4v) is 5.22. The zero-order valence-electron chi connectivity index (χ0n) is 23.1. The van der Waals surface area contributed by atoms with Crippen LogP contribution in [0.3, 0.4) is 0 Å². The van der Waals surface area contributed by atoms with E-state index in [1.54, 1.807) is 11.8 Å². The number of nitrogens with one attached hydrogen (secondary N) is 1. The van der Waals surface area contributed by atoms with Crippen LogP contribution in [-0.4, -0.2) is 67.0 Å². The summed E-state index contributed by atoms with van der Waals surface area (Å²) < 4.78 is 45.8. The van der Waals surface area contributed by atoms with E-state index in [1.165, 1.54) is 49.2 Å². The zero-order valence-corrected chi connectivity index (χ0v) is 23.1. The number of hydrogen-bond acceptors (Lipinski definition) is 6. The number of carbonyl (C=O) groups is 3. The molecule has 1 saturated heterocycles. The van der Waals surface area contributed by atoms with Crippen molar-refractivity contribution < 1.29 is 32.3 Å². The van der Waals surface area contributed by atoms with Crippen molar-refractivity contribution in [3.63, 3.8) is 0 Å². The number of ether oxygens (including phenoxy) is 1.